The third-order valence-electron chi connectivity index (χ3n) is 5.36. The van der Waals surface area contributed by atoms with Crippen molar-refractivity contribution in [2.24, 2.45) is 0 Å². The largest absolute Gasteiger partial charge is 0.497 e. The molecule has 3 aromatic rings. The Morgan fingerprint density at radius 3 is 2.50 bits per heavy atom. The molecule has 7 nitrogen and oxygen atoms in total. The van der Waals surface area contributed by atoms with Crippen molar-refractivity contribution < 1.29 is 23.0 Å². The minimum absolute atomic E-state index is 0.0108. The van der Waals surface area contributed by atoms with Gasteiger partial charge in [0.15, 0.2) is 0 Å². The molecule has 4 rings (SSSR count). The van der Waals surface area contributed by atoms with Crippen LogP contribution in [0, 0.1) is 0 Å². The molecule has 1 saturated heterocycles. The second kappa shape index (κ2) is 9.78. The number of piperidine rings is 1. The predicted molar refractivity (Wildman–Crippen MR) is 116 cm³/mol. The lowest BCUT2D eigenvalue weighted by atomic mass is 9.97. The summed E-state index contributed by atoms with van der Waals surface area (Å²) in [5.41, 5.74) is 2.02. The number of benzene rings is 2. The van der Waals surface area contributed by atoms with Gasteiger partial charge in [-0.2, -0.15) is 8.78 Å². The van der Waals surface area contributed by atoms with Crippen molar-refractivity contribution in [3.63, 3.8) is 0 Å². The van der Waals surface area contributed by atoms with Gasteiger partial charge in [-0.15, -0.1) is 0 Å². The molecule has 0 spiro atoms. The molecule has 0 aliphatic carbocycles. The van der Waals surface area contributed by atoms with Gasteiger partial charge in [-0.25, -0.2) is 4.98 Å². The number of anilines is 1. The van der Waals surface area contributed by atoms with Crippen molar-refractivity contribution in [2.75, 3.05) is 25.5 Å². The SMILES string of the molecule is COc1ccc(-n2cc(C3CCCNC3)nc2NC(=O)c2ccc(OC(F)F)cc2)cc1. The molecule has 1 aliphatic rings. The van der Waals surface area contributed by atoms with Crippen LogP contribution in [0.25, 0.3) is 5.69 Å². The number of rotatable bonds is 7. The first-order valence-corrected chi connectivity index (χ1v) is 10.3. The maximum atomic E-state index is 12.8. The summed E-state index contributed by atoms with van der Waals surface area (Å²) in [4.78, 5) is 17.5. The molecule has 0 radical (unpaired) electrons. The second-order valence-corrected chi connectivity index (χ2v) is 7.46. The topological polar surface area (TPSA) is 77.4 Å². The van der Waals surface area contributed by atoms with Crippen LogP contribution in [0.2, 0.25) is 0 Å². The van der Waals surface area contributed by atoms with E-state index in [1.54, 1.807) is 7.11 Å². The van der Waals surface area contributed by atoms with E-state index in [1.807, 2.05) is 35.0 Å². The van der Waals surface area contributed by atoms with Crippen LogP contribution in [-0.2, 0) is 0 Å². The summed E-state index contributed by atoms with van der Waals surface area (Å²) in [6.45, 7) is -1.09. The normalized spacial score (nSPS) is 16.1. The molecule has 1 amide bonds. The van der Waals surface area contributed by atoms with E-state index in [0.29, 0.717) is 11.5 Å². The molecule has 1 atom stereocenters. The molecule has 168 valence electrons. The third kappa shape index (κ3) is 5.05. The second-order valence-electron chi connectivity index (χ2n) is 7.46. The molecule has 2 N–H and O–H groups in total. The van der Waals surface area contributed by atoms with Crippen molar-refractivity contribution in [3.8, 4) is 17.2 Å². The number of nitrogens with one attached hydrogen (secondary N) is 2. The van der Waals surface area contributed by atoms with Crippen molar-refractivity contribution in [1.29, 1.82) is 0 Å². The minimum Gasteiger partial charge on any atom is -0.497 e. The molecule has 0 bridgehead atoms. The summed E-state index contributed by atoms with van der Waals surface area (Å²) in [6.07, 6.45) is 4.02. The van der Waals surface area contributed by atoms with Crippen molar-refractivity contribution in [2.45, 2.75) is 25.4 Å². The Morgan fingerprint density at radius 2 is 1.88 bits per heavy atom. The van der Waals surface area contributed by atoms with E-state index in [-0.39, 0.29) is 11.7 Å². The van der Waals surface area contributed by atoms with Gasteiger partial charge in [-0.05, 0) is 67.9 Å². The van der Waals surface area contributed by atoms with Gasteiger partial charge in [-0.3, -0.25) is 14.7 Å². The zero-order valence-corrected chi connectivity index (χ0v) is 17.6. The van der Waals surface area contributed by atoms with Gasteiger partial charge in [0.05, 0.1) is 12.8 Å². The van der Waals surface area contributed by atoms with E-state index in [0.717, 1.165) is 43.1 Å². The van der Waals surface area contributed by atoms with Crippen LogP contribution in [0.5, 0.6) is 11.5 Å². The fraction of sp³-hybridized carbons (Fsp3) is 0.304. The van der Waals surface area contributed by atoms with Crippen molar-refractivity contribution in [1.82, 2.24) is 14.9 Å². The average Bonchev–Trinajstić information content (AvgIpc) is 3.23. The Kier molecular flexibility index (Phi) is 6.65. The molecular weight excluding hydrogens is 418 g/mol. The number of hydrogen-bond donors (Lipinski definition) is 2. The summed E-state index contributed by atoms with van der Waals surface area (Å²) >= 11 is 0. The number of methoxy groups -OCH3 is 1. The summed E-state index contributed by atoms with van der Waals surface area (Å²) in [5.74, 6) is 0.950. The maximum absolute atomic E-state index is 12.8. The van der Waals surface area contributed by atoms with Gasteiger partial charge in [0.25, 0.3) is 5.91 Å². The molecule has 1 fully saturated rings. The van der Waals surface area contributed by atoms with Crippen molar-refractivity contribution in [3.05, 3.63) is 66.0 Å². The molecular formula is C23H24F2N4O3. The highest BCUT2D eigenvalue weighted by atomic mass is 19.3. The summed E-state index contributed by atoms with van der Waals surface area (Å²) in [6, 6.07) is 13.0. The first-order chi connectivity index (χ1) is 15.5. The fourth-order valence-electron chi connectivity index (χ4n) is 3.69. The Morgan fingerprint density at radius 1 is 1.16 bits per heavy atom. The highest BCUT2D eigenvalue weighted by Crippen LogP contribution is 2.27. The van der Waals surface area contributed by atoms with Gasteiger partial charge in [0, 0.05) is 29.9 Å². The van der Waals surface area contributed by atoms with E-state index < -0.39 is 12.5 Å². The smallest absolute Gasteiger partial charge is 0.387 e. The molecule has 9 heteroatoms. The quantitative estimate of drug-likeness (QED) is 0.574. The highest BCUT2D eigenvalue weighted by molar-refractivity contribution is 6.03. The molecule has 32 heavy (non-hydrogen) atoms. The first kappa shape index (κ1) is 21.8. The lowest BCUT2D eigenvalue weighted by Crippen LogP contribution is -2.28. The van der Waals surface area contributed by atoms with E-state index in [9.17, 15) is 13.6 Å². The summed E-state index contributed by atoms with van der Waals surface area (Å²) in [5, 5.41) is 6.23. The van der Waals surface area contributed by atoms with Gasteiger partial charge < -0.3 is 14.8 Å². The van der Waals surface area contributed by atoms with E-state index in [1.165, 1.54) is 24.3 Å². The van der Waals surface area contributed by atoms with Crippen LogP contribution in [0.3, 0.4) is 0 Å². The molecule has 2 aromatic carbocycles. The summed E-state index contributed by atoms with van der Waals surface area (Å²) in [7, 11) is 1.60. The predicted octanol–water partition coefficient (Wildman–Crippen LogP) is 4.20. The molecule has 0 saturated carbocycles. The molecule has 1 unspecified atom stereocenters. The van der Waals surface area contributed by atoms with Crippen LogP contribution in [0.4, 0.5) is 14.7 Å². The summed E-state index contributed by atoms with van der Waals surface area (Å²) < 4.78 is 36.1. The monoisotopic (exact) mass is 442 g/mol. The van der Waals surface area contributed by atoms with Crippen LogP contribution >= 0.6 is 0 Å². The van der Waals surface area contributed by atoms with Gasteiger partial charge >= 0.3 is 6.61 Å². The number of aromatic nitrogens is 2. The van der Waals surface area contributed by atoms with Crippen molar-refractivity contribution >= 4 is 11.9 Å². The van der Waals surface area contributed by atoms with Crippen LogP contribution in [-0.4, -0.2) is 42.3 Å². The first-order valence-electron chi connectivity index (χ1n) is 10.3. The number of carbonyl (C=O) groups excluding carboxylic acids is 1. The number of nitrogens with zero attached hydrogens (tertiary/aromatic N) is 2. The molecule has 1 aromatic heterocycles. The number of ether oxygens (including phenoxy) is 2. The van der Waals surface area contributed by atoms with Gasteiger partial charge in [0.2, 0.25) is 5.95 Å². The number of carbonyl (C=O) groups is 1. The fourth-order valence-corrected chi connectivity index (χ4v) is 3.69. The minimum atomic E-state index is -2.92. The Balaban J connectivity index is 1.60. The Bertz CT molecular complexity index is 1050. The van der Waals surface area contributed by atoms with Crippen LogP contribution in [0.1, 0.15) is 34.8 Å². The number of hydrogen-bond acceptors (Lipinski definition) is 5. The number of alkyl halides is 2. The number of halogens is 2. The van der Waals surface area contributed by atoms with E-state index in [2.05, 4.69) is 15.4 Å². The average molecular weight is 442 g/mol. The standard InChI is InChI=1S/C23H24F2N4O3/c1-31-18-10-6-17(7-11-18)29-14-20(16-3-2-12-26-13-16)27-23(29)28-21(30)15-4-8-19(9-5-15)32-22(24)25/h4-11,14,16,22,26H,2-3,12-13H2,1H3,(H,27,28,30). The number of amides is 1. The maximum Gasteiger partial charge on any atom is 0.387 e. The third-order valence-corrected chi connectivity index (χ3v) is 5.36. The Labute approximate surface area is 184 Å². The lowest BCUT2D eigenvalue weighted by molar-refractivity contribution is -0.0498. The molecule has 2 heterocycles. The van der Waals surface area contributed by atoms with Crippen LogP contribution < -0.4 is 20.1 Å². The van der Waals surface area contributed by atoms with Gasteiger partial charge in [-0.1, -0.05) is 0 Å². The van der Waals surface area contributed by atoms with Crippen LogP contribution in [0.15, 0.2) is 54.7 Å². The lowest BCUT2D eigenvalue weighted by Gasteiger charge is -2.20. The van der Waals surface area contributed by atoms with E-state index >= 15 is 0 Å². The zero-order chi connectivity index (χ0) is 22.5. The van der Waals surface area contributed by atoms with Gasteiger partial charge in [0.1, 0.15) is 11.5 Å². The Hall–Kier alpha value is -3.46. The number of imidazole rings is 1. The zero-order valence-electron chi connectivity index (χ0n) is 17.6. The van der Waals surface area contributed by atoms with E-state index in [4.69, 9.17) is 9.72 Å². The highest BCUT2D eigenvalue weighted by Gasteiger charge is 2.21. The molecule has 1 aliphatic heterocycles.